The molecule has 1 amide bonds. The van der Waals surface area contributed by atoms with Crippen molar-refractivity contribution in [1.29, 1.82) is 0 Å². The molecule has 0 unspecified atom stereocenters. The van der Waals surface area contributed by atoms with Gasteiger partial charge in [0.05, 0.1) is 17.1 Å². The zero-order valence-electron chi connectivity index (χ0n) is 15.9. The Bertz CT molecular complexity index is 879. The van der Waals surface area contributed by atoms with E-state index in [0.29, 0.717) is 5.69 Å². The number of nitro groups is 1. The van der Waals surface area contributed by atoms with Crippen LogP contribution in [0.1, 0.15) is 42.6 Å². The minimum Gasteiger partial charge on any atom is -0.487 e. The maximum absolute atomic E-state index is 12.2. The highest BCUT2D eigenvalue weighted by atomic mass is 16.6. The first-order valence-corrected chi connectivity index (χ1v) is 8.80. The van der Waals surface area contributed by atoms with Crippen LogP contribution in [-0.2, 0) is 9.53 Å². The minimum absolute atomic E-state index is 0.0365. The van der Waals surface area contributed by atoms with Gasteiger partial charge in [-0.15, -0.1) is 0 Å². The number of anilines is 1. The summed E-state index contributed by atoms with van der Waals surface area (Å²) < 4.78 is 10.2. The van der Waals surface area contributed by atoms with E-state index in [0.717, 1.165) is 11.6 Å². The minimum atomic E-state index is -0.835. The van der Waals surface area contributed by atoms with Crippen molar-refractivity contribution in [2.24, 2.45) is 0 Å². The molecule has 2 rings (SSSR count). The van der Waals surface area contributed by atoms with Crippen LogP contribution in [0, 0.1) is 10.1 Å². The van der Waals surface area contributed by atoms with Gasteiger partial charge < -0.3 is 14.8 Å². The molecule has 0 saturated heterocycles. The molecule has 2 aromatic rings. The summed E-state index contributed by atoms with van der Waals surface area (Å²) in [4.78, 5) is 34.8. The Kier molecular flexibility index (Phi) is 7.08. The molecule has 0 heterocycles. The van der Waals surface area contributed by atoms with Gasteiger partial charge in [0.25, 0.3) is 5.91 Å². The summed E-state index contributed by atoms with van der Waals surface area (Å²) in [5, 5.41) is 13.8. The Morgan fingerprint density at radius 2 is 1.89 bits per heavy atom. The summed E-state index contributed by atoms with van der Waals surface area (Å²) in [5.41, 5.74) is 1.23. The van der Waals surface area contributed by atoms with Gasteiger partial charge in [-0.25, -0.2) is 4.79 Å². The van der Waals surface area contributed by atoms with Crippen molar-refractivity contribution in [3.05, 3.63) is 63.7 Å². The van der Waals surface area contributed by atoms with Crippen LogP contribution in [0.15, 0.2) is 42.5 Å². The second-order valence-corrected chi connectivity index (χ2v) is 6.24. The van der Waals surface area contributed by atoms with Crippen LogP contribution in [0.3, 0.4) is 0 Å². The first-order valence-electron chi connectivity index (χ1n) is 8.80. The predicted octanol–water partition coefficient (Wildman–Crippen LogP) is 3.91. The third-order valence-electron chi connectivity index (χ3n) is 3.88. The van der Waals surface area contributed by atoms with E-state index in [-0.39, 0.29) is 29.5 Å². The van der Waals surface area contributed by atoms with Gasteiger partial charge in [-0.05, 0) is 36.6 Å². The fraction of sp³-hybridized carbons (Fsp3) is 0.300. The van der Waals surface area contributed by atoms with E-state index in [2.05, 4.69) is 5.32 Å². The molecule has 28 heavy (non-hydrogen) atoms. The number of carbonyl (C=O) groups is 2. The molecule has 0 fully saturated rings. The van der Waals surface area contributed by atoms with Gasteiger partial charge in [0.1, 0.15) is 0 Å². The Labute approximate surface area is 162 Å². The number of carbonyl (C=O) groups excluding carboxylic acids is 2. The Morgan fingerprint density at radius 3 is 2.54 bits per heavy atom. The number of ether oxygens (including phenoxy) is 2. The number of nitrogens with zero attached hydrogens (tertiary/aromatic N) is 1. The maximum atomic E-state index is 12.2. The van der Waals surface area contributed by atoms with E-state index in [1.165, 1.54) is 12.1 Å². The van der Waals surface area contributed by atoms with Crippen LogP contribution in [-0.4, -0.2) is 30.0 Å². The van der Waals surface area contributed by atoms with Gasteiger partial charge in [0.15, 0.2) is 12.4 Å². The highest BCUT2D eigenvalue weighted by molar-refractivity contribution is 5.96. The van der Waals surface area contributed by atoms with Crippen molar-refractivity contribution in [2.75, 3.05) is 18.5 Å². The van der Waals surface area contributed by atoms with E-state index in [4.69, 9.17) is 9.47 Å². The van der Waals surface area contributed by atoms with Gasteiger partial charge in [-0.1, -0.05) is 32.0 Å². The largest absolute Gasteiger partial charge is 0.487 e. The average Bonchev–Trinajstić information content (AvgIpc) is 2.66. The molecule has 0 aromatic heterocycles. The molecule has 148 valence electrons. The highest BCUT2D eigenvalue weighted by Crippen LogP contribution is 2.28. The van der Waals surface area contributed by atoms with Crippen LogP contribution in [0.25, 0.3) is 0 Å². The number of para-hydroxylation sites is 1. The normalized spacial score (nSPS) is 10.4. The fourth-order valence-electron chi connectivity index (χ4n) is 2.58. The molecule has 0 saturated carbocycles. The molecule has 0 bridgehead atoms. The SMILES string of the molecule is CCOc1ccc(C(=O)OCC(=O)Nc2ccccc2C(C)C)cc1[N+](=O)[O-]. The lowest BCUT2D eigenvalue weighted by Gasteiger charge is -2.13. The quantitative estimate of drug-likeness (QED) is 0.419. The molecule has 0 aliphatic rings. The molecule has 8 heteroatoms. The molecular weight excluding hydrogens is 364 g/mol. The van der Waals surface area contributed by atoms with E-state index < -0.39 is 23.4 Å². The summed E-state index contributed by atoms with van der Waals surface area (Å²) in [6.07, 6.45) is 0. The number of esters is 1. The van der Waals surface area contributed by atoms with Crippen molar-refractivity contribution >= 4 is 23.3 Å². The zero-order chi connectivity index (χ0) is 20.7. The monoisotopic (exact) mass is 386 g/mol. The van der Waals surface area contributed by atoms with Gasteiger partial charge in [0, 0.05) is 11.8 Å². The van der Waals surface area contributed by atoms with Crippen molar-refractivity contribution in [2.45, 2.75) is 26.7 Å². The molecule has 1 N–H and O–H groups in total. The van der Waals surface area contributed by atoms with Gasteiger partial charge in [-0.2, -0.15) is 0 Å². The molecule has 8 nitrogen and oxygen atoms in total. The van der Waals surface area contributed by atoms with Crippen LogP contribution in [0.5, 0.6) is 5.75 Å². The molecule has 0 atom stereocenters. The van der Waals surface area contributed by atoms with Crippen LogP contribution in [0.2, 0.25) is 0 Å². The van der Waals surface area contributed by atoms with E-state index in [9.17, 15) is 19.7 Å². The molecular formula is C20H22N2O6. The summed E-state index contributed by atoms with van der Waals surface area (Å²) in [7, 11) is 0. The van der Waals surface area contributed by atoms with Gasteiger partial charge >= 0.3 is 11.7 Å². The Balaban J connectivity index is 2.03. The van der Waals surface area contributed by atoms with Gasteiger partial charge in [0.2, 0.25) is 0 Å². The van der Waals surface area contributed by atoms with Crippen LogP contribution < -0.4 is 10.1 Å². The van der Waals surface area contributed by atoms with Crippen molar-refractivity contribution in [3.8, 4) is 5.75 Å². The lowest BCUT2D eigenvalue weighted by atomic mass is 10.0. The van der Waals surface area contributed by atoms with E-state index >= 15 is 0 Å². The van der Waals surface area contributed by atoms with Crippen LogP contribution >= 0.6 is 0 Å². The average molecular weight is 386 g/mol. The fourth-order valence-corrected chi connectivity index (χ4v) is 2.58. The number of benzene rings is 2. The third kappa shape index (κ3) is 5.29. The van der Waals surface area contributed by atoms with Crippen LogP contribution in [0.4, 0.5) is 11.4 Å². The number of nitrogens with one attached hydrogen (secondary N) is 1. The number of rotatable bonds is 8. The number of nitro benzene ring substituents is 1. The standard InChI is InChI=1S/C20H22N2O6/c1-4-27-18-10-9-14(11-17(18)22(25)26)20(24)28-12-19(23)21-16-8-6-5-7-15(16)13(2)3/h5-11,13H,4,12H2,1-3H3,(H,21,23). The number of amides is 1. The zero-order valence-corrected chi connectivity index (χ0v) is 15.9. The molecule has 0 aliphatic carbocycles. The first-order chi connectivity index (χ1) is 13.3. The Hall–Kier alpha value is -3.42. The number of hydrogen-bond donors (Lipinski definition) is 1. The lowest BCUT2D eigenvalue weighted by Crippen LogP contribution is -2.21. The maximum Gasteiger partial charge on any atom is 0.338 e. The summed E-state index contributed by atoms with van der Waals surface area (Å²) in [6.45, 7) is 5.45. The van der Waals surface area contributed by atoms with E-state index in [1.54, 1.807) is 19.1 Å². The van der Waals surface area contributed by atoms with E-state index in [1.807, 2.05) is 26.0 Å². The summed E-state index contributed by atoms with van der Waals surface area (Å²) in [5.74, 6) is -1.06. The predicted molar refractivity (Wildman–Crippen MR) is 104 cm³/mol. The topological polar surface area (TPSA) is 108 Å². The lowest BCUT2D eigenvalue weighted by molar-refractivity contribution is -0.385. The van der Waals surface area contributed by atoms with Gasteiger partial charge in [-0.3, -0.25) is 14.9 Å². The summed E-state index contributed by atoms with van der Waals surface area (Å²) in [6, 6.07) is 11.1. The Morgan fingerprint density at radius 1 is 1.18 bits per heavy atom. The van der Waals surface area contributed by atoms with Crippen molar-refractivity contribution in [1.82, 2.24) is 0 Å². The molecule has 2 aromatic carbocycles. The highest BCUT2D eigenvalue weighted by Gasteiger charge is 2.20. The first kappa shape index (κ1) is 20.9. The van der Waals surface area contributed by atoms with Crippen molar-refractivity contribution < 1.29 is 24.0 Å². The molecule has 0 radical (unpaired) electrons. The molecule has 0 spiro atoms. The smallest absolute Gasteiger partial charge is 0.338 e. The van der Waals surface area contributed by atoms with Crippen molar-refractivity contribution in [3.63, 3.8) is 0 Å². The second-order valence-electron chi connectivity index (χ2n) is 6.24. The molecule has 0 aliphatic heterocycles. The third-order valence-corrected chi connectivity index (χ3v) is 3.88. The second kappa shape index (κ2) is 9.50. The summed E-state index contributed by atoms with van der Waals surface area (Å²) >= 11 is 0. The number of hydrogen-bond acceptors (Lipinski definition) is 6.